The van der Waals surface area contributed by atoms with Gasteiger partial charge >= 0.3 is 5.97 Å². The van der Waals surface area contributed by atoms with Crippen LogP contribution in [0, 0.1) is 16.7 Å². The Hall–Kier alpha value is -2.06. The van der Waals surface area contributed by atoms with Crippen LogP contribution in [-0.4, -0.2) is 48.7 Å². The SMILES string of the molecule is CC(C)(CN1CCN(c2ccc(C#N)cc2)CC1)C(=O)O. The van der Waals surface area contributed by atoms with Crippen molar-refractivity contribution in [2.75, 3.05) is 37.6 Å². The fourth-order valence-electron chi connectivity index (χ4n) is 2.54. The van der Waals surface area contributed by atoms with Crippen LogP contribution in [0.2, 0.25) is 0 Å². The first-order valence-corrected chi connectivity index (χ1v) is 7.13. The largest absolute Gasteiger partial charge is 0.481 e. The van der Waals surface area contributed by atoms with Gasteiger partial charge in [-0.15, -0.1) is 0 Å². The molecule has 1 N–H and O–H groups in total. The molecule has 5 heteroatoms. The molecule has 21 heavy (non-hydrogen) atoms. The van der Waals surface area contributed by atoms with Gasteiger partial charge in [0, 0.05) is 38.4 Å². The van der Waals surface area contributed by atoms with Crippen molar-refractivity contribution in [2.24, 2.45) is 5.41 Å². The highest BCUT2D eigenvalue weighted by molar-refractivity contribution is 5.73. The quantitative estimate of drug-likeness (QED) is 0.914. The van der Waals surface area contributed by atoms with Crippen LogP contribution < -0.4 is 4.90 Å². The van der Waals surface area contributed by atoms with Crippen molar-refractivity contribution in [1.82, 2.24) is 4.90 Å². The molecule has 0 atom stereocenters. The van der Waals surface area contributed by atoms with E-state index in [9.17, 15) is 9.90 Å². The Morgan fingerprint density at radius 2 is 1.81 bits per heavy atom. The summed E-state index contributed by atoms with van der Waals surface area (Å²) in [5, 5.41) is 18.0. The maximum atomic E-state index is 11.2. The second-order valence-corrected chi connectivity index (χ2v) is 6.11. The Kier molecular flexibility index (Phi) is 4.49. The first kappa shape index (κ1) is 15.3. The molecule has 1 aromatic carbocycles. The van der Waals surface area contributed by atoms with E-state index in [1.807, 2.05) is 24.3 Å². The van der Waals surface area contributed by atoms with Gasteiger partial charge in [0.1, 0.15) is 0 Å². The average Bonchev–Trinajstić information content (AvgIpc) is 2.48. The molecule has 1 heterocycles. The molecule has 0 spiro atoms. The molecule has 0 aromatic heterocycles. The zero-order chi connectivity index (χ0) is 15.5. The number of hydrogen-bond donors (Lipinski definition) is 1. The maximum absolute atomic E-state index is 11.2. The number of anilines is 1. The minimum absolute atomic E-state index is 0.573. The van der Waals surface area contributed by atoms with Crippen LogP contribution >= 0.6 is 0 Å². The van der Waals surface area contributed by atoms with Crippen molar-refractivity contribution in [1.29, 1.82) is 5.26 Å². The number of aliphatic carboxylic acids is 1. The molecule has 0 radical (unpaired) electrons. The molecular weight excluding hydrogens is 266 g/mol. The minimum Gasteiger partial charge on any atom is -0.481 e. The first-order chi connectivity index (χ1) is 9.92. The Bertz CT molecular complexity index is 538. The van der Waals surface area contributed by atoms with Gasteiger partial charge in [-0.25, -0.2) is 0 Å². The summed E-state index contributed by atoms with van der Waals surface area (Å²) in [6.07, 6.45) is 0. The summed E-state index contributed by atoms with van der Waals surface area (Å²) < 4.78 is 0. The van der Waals surface area contributed by atoms with E-state index < -0.39 is 11.4 Å². The molecule has 1 aliphatic rings. The van der Waals surface area contributed by atoms with E-state index >= 15 is 0 Å². The molecule has 1 aromatic rings. The lowest BCUT2D eigenvalue weighted by Crippen LogP contribution is -2.50. The zero-order valence-electron chi connectivity index (χ0n) is 12.5. The van der Waals surface area contributed by atoms with E-state index in [0.717, 1.165) is 31.9 Å². The van der Waals surface area contributed by atoms with Gasteiger partial charge in [0.25, 0.3) is 0 Å². The molecule has 0 amide bonds. The predicted molar refractivity (Wildman–Crippen MR) is 81.2 cm³/mol. The van der Waals surface area contributed by atoms with Crippen molar-refractivity contribution in [2.45, 2.75) is 13.8 Å². The summed E-state index contributed by atoms with van der Waals surface area (Å²) >= 11 is 0. The third-order valence-electron chi connectivity index (χ3n) is 3.93. The summed E-state index contributed by atoms with van der Waals surface area (Å²) in [4.78, 5) is 15.6. The predicted octanol–water partition coefficient (Wildman–Crippen LogP) is 1.79. The number of hydrogen-bond acceptors (Lipinski definition) is 4. The molecule has 0 saturated carbocycles. The Balaban J connectivity index is 1.91. The number of carboxylic acid groups (broad SMARTS) is 1. The number of carbonyl (C=O) groups is 1. The maximum Gasteiger partial charge on any atom is 0.310 e. The molecule has 0 aliphatic carbocycles. The van der Waals surface area contributed by atoms with E-state index in [1.165, 1.54) is 0 Å². The van der Waals surface area contributed by atoms with Crippen molar-refractivity contribution in [3.63, 3.8) is 0 Å². The molecule has 0 bridgehead atoms. The van der Waals surface area contributed by atoms with E-state index in [0.29, 0.717) is 12.1 Å². The molecule has 112 valence electrons. The van der Waals surface area contributed by atoms with Gasteiger partial charge in [0.05, 0.1) is 17.0 Å². The molecular formula is C16H21N3O2. The first-order valence-electron chi connectivity index (χ1n) is 7.13. The van der Waals surface area contributed by atoms with Crippen LogP contribution in [0.15, 0.2) is 24.3 Å². The topological polar surface area (TPSA) is 67.6 Å². The lowest BCUT2D eigenvalue weighted by atomic mass is 9.93. The van der Waals surface area contributed by atoms with Crippen molar-refractivity contribution >= 4 is 11.7 Å². The fraction of sp³-hybridized carbons (Fsp3) is 0.500. The Morgan fingerprint density at radius 1 is 1.24 bits per heavy atom. The van der Waals surface area contributed by atoms with Crippen molar-refractivity contribution < 1.29 is 9.90 Å². The van der Waals surface area contributed by atoms with E-state index in [4.69, 9.17) is 5.26 Å². The van der Waals surface area contributed by atoms with Crippen LogP contribution in [-0.2, 0) is 4.79 Å². The highest BCUT2D eigenvalue weighted by Gasteiger charge is 2.31. The van der Waals surface area contributed by atoms with Crippen LogP contribution in [0.3, 0.4) is 0 Å². The Labute approximate surface area is 125 Å². The van der Waals surface area contributed by atoms with E-state index in [2.05, 4.69) is 15.9 Å². The van der Waals surface area contributed by atoms with E-state index in [-0.39, 0.29) is 0 Å². The van der Waals surface area contributed by atoms with Crippen LogP contribution in [0.4, 0.5) is 5.69 Å². The molecule has 2 rings (SSSR count). The number of piperazine rings is 1. The number of rotatable bonds is 4. The van der Waals surface area contributed by atoms with Crippen molar-refractivity contribution in [3.8, 4) is 6.07 Å². The van der Waals surface area contributed by atoms with Crippen LogP contribution in [0.25, 0.3) is 0 Å². The summed E-state index contributed by atoms with van der Waals surface area (Å²) in [6, 6.07) is 9.71. The number of benzene rings is 1. The lowest BCUT2D eigenvalue weighted by molar-refractivity contribution is -0.148. The normalized spacial score (nSPS) is 16.5. The summed E-state index contributed by atoms with van der Waals surface area (Å²) in [5.74, 6) is -0.753. The standard InChI is InChI=1S/C16H21N3O2/c1-16(2,15(20)21)12-18-7-9-19(10-8-18)14-5-3-13(11-17)4-6-14/h3-6H,7-10,12H2,1-2H3,(H,20,21). The highest BCUT2D eigenvalue weighted by Crippen LogP contribution is 2.21. The number of nitrogens with zero attached hydrogens (tertiary/aromatic N) is 3. The molecule has 5 nitrogen and oxygen atoms in total. The van der Waals surface area contributed by atoms with Crippen LogP contribution in [0.5, 0.6) is 0 Å². The molecule has 0 unspecified atom stereocenters. The molecule has 1 aliphatic heterocycles. The number of carboxylic acids is 1. The van der Waals surface area contributed by atoms with Gasteiger partial charge in [0.15, 0.2) is 0 Å². The summed E-state index contributed by atoms with van der Waals surface area (Å²) in [6.45, 7) is 7.57. The Morgan fingerprint density at radius 3 is 2.29 bits per heavy atom. The van der Waals surface area contributed by atoms with Gasteiger partial charge in [-0.2, -0.15) is 5.26 Å². The monoisotopic (exact) mass is 287 g/mol. The third-order valence-corrected chi connectivity index (χ3v) is 3.93. The smallest absolute Gasteiger partial charge is 0.310 e. The summed E-state index contributed by atoms with van der Waals surface area (Å²) in [7, 11) is 0. The van der Waals surface area contributed by atoms with Gasteiger partial charge < -0.3 is 10.0 Å². The van der Waals surface area contributed by atoms with Crippen molar-refractivity contribution in [3.05, 3.63) is 29.8 Å². The van der Waals surface area contributed by atoms with Gasteiger partial charge in [-0.1, -0.05) is 0 Å². The zero-order valence-corrected chi connectivity index (χ0v) is 12.5. The second-order valence-electron chi connectivity index (χ2n) is 6.11. The van der Waals surface area contributed by atoms with Gasteiger partial charge in [0.2, 0.25) is 0 Å². The minimum atomic E-state index is -0.753. The summed E-state index contributed by atoms with van der Waals surface area (Å²) in [5.41, 5.74) is 1.07. The van der Waals surface area contributed by atoms with Gasteiger partial charge in [-0.3, -0.25) is 9.69 Å². The van der Waals surface area contributed by atoms with E-state index in [1.54, 1.807) is 13.8 Å². The second kappa shape index (κ2) is 6.15. The molecule has 1 fully saturated rings. The lowest BCUT2D eigenvalue weighted by Gasteiger charge is -2.38. The third kappa shape index (κ3) is 3.73. The highest BCUT2D eigenvalue weighted by atomic mass is 16.4. The van der Waals surface area contributed by atoms with Gasteiger partial charge in [-0.05, 0) is 38.1 Å². The van der Waals surface area contributed by atoms with Crippen LogP contribution in [0.1, 0.15) is 19.4 Å². The number of nitriles is 1. The fourth-order valence-corrected chi connectivity index (χ4v) is 2.54. The average molecular weight is 287 g/mol. The molecule has 1 saturated heterocycles.